The summed E-state index contributed by atoms with van der Waals surface area (Å²) in [4.78, 5) is 0. The molecule has 0 radical (unpaired) electrons. The summed E-state index contributed by atoms with van der Waals surface area (Å²) in [5, 5.41) is 8.64. The number of hydrogen-bond donors (Lipinski definition) is 1. The van der Waals surface area contributed by atoms with Crippen molar-refractivity contribution < 1.29 is 0 Å². The Morgan fingerprint density at radius 1 is 1.47 bits per heavy atom. The molecule has 2 heterocycles. The third kappa shape index (κ3) is 3.13. The lowest BCUT2D eigenvalue weighted by Gasteiger charge is -2.15. The molecule has 2 aromatic rings. The highest BCUT2D eigenvalue weighted by Gasteiger charge is 2.20. The highest BCUT2D eigenvalue weighted by atomic mass is 35.5. The monoisotopic (exact) mass is 299 g/mol. The van der Waals surface area contributed by atoms with Crippen LogP contribution >= 0.6 is 23.3 Å². The molecule has 1 unspecified atom stereocenters. The second kappa shape index (κ2) is 6.45. The Hall–Kier alpha value is -0.980. The molecule has 1 N–H and O–H groups in total. The molecule has 7 heteroatoms. The van der Waals surface area contributed by atoms with Gasteiger partial charge in [-0.25, -0.2) is 0 Å². The van der Waals surface area contributed by atoms with Crippen molar-refractivity contribution in [1.82, 2.24) is 23.8 Å². The molecule has 19 heavy (non-hydrogen) atoms. The number of hydrogen-bond acceptors (Lipinski definition) is 5. The lowest BCUT2D eigenvalue weighted by molar-refractivity contribution is 0.520. The summed E-state index contributed by atoms with van der Waals surface area (Å²) < 4.78 is 10.2. The summed E-state index contributed by atoms with van der Waals surface area (Å²) >= 11 is 7.62. The molecule has 0 saturated carbocycles. The Balaban J connectivity index is 2.24. The van der Waals surface area contributed by atoms with Crippen LogP contribution in [0.5, 0.6) is 0 Å². The van der Waals surface area contributed by atoms with E-state index in [0.29, 0.717) is 0 Å². The molecule has 0 aliphatic rings. The van der Waals surface area contributed by atoms with Gasteiger partial charge in [0.25, 0.3) is 0 Å². The lowest BCUT2D eigenvalue weighted by Crippen LogP contribution is -2.24. The van der Waals surface area contributed by atoms with Crippen molar-refractivity contribution in [1.29, 1.82) is 0 Å². The fourth-order valence-electron chi connectivity index (χ4n) is 2.09. The van der Waals surface area contributed by atoms with Crippen molar-refractivity contribution in [2.24, 2.45) is 7.05 Å². The van der Waals surface area contributed by atoms with Gasteiger partial charge in [-0.3, -0.25) is 4.68 Å². The Labute approximate surface area is 122 Å². The molecule has 0 aliphatic carbocycles. The summed E-state index contributed by atoms with van der Waals surface area (Å²) in [5.41, 5.74) is 2.95. The third-order valence-electron chi connectivity index (χ3n) is 3.09. The van der Waals surface area contributed by atoms with Crippen LogP contribution in [0.4, 0.5) is 0 Å². The van der Waals surface area contributed by atoms with Crippen LogP contribution in [0.1, 0.15) is 37.0 Å². The van der Waals surface area contributed by atoms with Gasteiger partial charge in [-0.05, 0) is 13.0 Å². The Morgan fingerprint density at radius 2 is 2.26 bits per heavy atom. The van der Waals surface area contributed by atoms with Crippen LogP contribution < -0.4 is 5.32 Å². The standard InChI is InChI=1S/C12H18ClN5S/c1-4-8-12(13)11(18(3)16-8)6-9(14-5-2)10-7-15-19-17-10/h7,9,14H,4-6H2,1-3H3. The summed E-state index contributed by atoms with van der Waals surface area (Å²) in [6.45, 7) is 5.01. The molecule has 2 aromatic heterocycles. The van der Waals surface area contributed by atoms with Crippen LogP contribution in [0.15, 0.2) is 6.20 Å². The van der Waals surface area contributed by atoms with E-state index in [9.17, 15) is 0 Å². The molecule has 0 spiro atoms. The second-order valence-electron chi connectivity index (χ2n) is 4.33. The van der Waals surface area contributed by atoms with Crippen LogP contribution in [0.3, 0.4) is 0 Å². The van der Waals surface area contributed by atoms with Gasteiger partial charge >= 0.3 is 0 Å². The van der Waals surface area contributed by atoms with Crippen LogP contribution in [0.25, 0.3) is 0 Å². The zero-order chi connectivity index (χ0) is 13.8. The van der Waals surface area contributed by atoms with Crippen LogP contribution in [-0.2, 0) is 19.9 Å². The van der Waals surface area contributed by atoms with Gasteiger partial charge in [0.05, 0.1) is 46.1 Å². The first-order chi connectivity index (χ1) is 9.17. The molecular formula is C12H18ClN5S. The van der Waals surface area contributed by atoms with Gasteiger partial charge in [-0.2, -0.15) is 13.8 Å². The number of aryl methyl sites for hydroxylation is 2. The number of likely N-dealkylation sites (N-methyl/N-ethyl adjacent to an activating group) is 1. The molecule has 104 valence electrons. The first-order valence-electron chi connectivity index (χ1n) is 6.38. The van der Waals surface area contributed by atoms with Crippen molar-refractivity contribution >= 4 is 23.3 Å². The lowest BCUT2D eigenvalue weighted by atomic mass is 10.1. The maximum Gasteiger partial charge on any atom is 0.0916 e. The van der Waals surface area contributed by atoms with Crippen LogP contribution in [0, 0.1) is 0 Å². The summed E-state index contributed by atoms with van der Waals surface area (Å²) in [5.74, 6) is 0. The normalized spacial score (nSPS) is 12.8. The average Bonchev–Trinajstić information content (AvgIpc) is 3.01. The van der Waals surface area contributed by atoms with Crippen molar-refractivity contribution in [3.63, 3.8) is 0 Å². The zero-order valence-electron chi connectivity index (χ0n) is 11.4. The van der Waals surface area contributed by atoms with Gasteiger partial charge in [-0.15, -0.1) is 0 Å². The van der Waals surface area contributed by atoms with Gasteiger partial charge in [-0.1, -0.05) is 25.4 Å². The molecule has 0 aliphatic heterocycles. The number of nitrogens with one attached hydrogen (secondary N) is 1. The van der Waals surface area contributed by atoms with Crippen molar-refractivity contribution in [2.45, 2.75) is 32.7 Å². The van der Waals surface area contributed by atoms with E-state index < -0.39 is 0 Å². The van der Waals surface area contributed by atoms with Crippen LogP contribution in [-0.4, -0.2) is 25.1 Å². The zero-order valence-corrected chi connectivity index (χ0v) is 12.9. The number of halogens is 1. The van der Waals surface area contributed by atoms with E-state index in [4.69, 9.17) is 11.6 Å². The van der Waals surface area contributed by atoms with E-state index >= 15 is 0 Å². The molecule has 0 aromatic carbocycles. The minimum absolute atomic E-state index is 0.126. The van der Waals surface area contributed by atoms with E-state index in [0.717, 1.165) is 41.5 Å². The number of rotatable bonds is 6. The maximum absolute atomic E-state index is 6.39. The Bertz CT molecular complexity index is 522. The molecule has 0 bridgehead atoms. The Morgan fingerprint density at radius 3 is 2.79 bits per heavy atom. The van der Waals surface area contributed by atoms with Crippen molar-refractivity contribution in [3.8, 4) is 0 Å². The van der Waals surface area contributed by atoms with Gasteiger partial charge in [0.1, 0.15) is 0 Å². The van der Waals surface area contributed by atoms with Crippen LogP contribution in [0.2, 0.25) is 5.02 Å². The summed E-state index contributed by atoms with van der Waals surface area (Å²) in [7, 11) is 1.93. The molecular weight excluding hydrogens is 282 g/mol. The third-order valence-corrected chi connectivity index (χ3v) is 4.01. The topological polar surface area (TPSA) is 55.6 Å². The van der Waals surface area contributed by atoms with E-state index in [-0.39, 0.29) is 6.04 Å². The van der Waals surface area contributed by atoms with Gasteiger partial charge < -0.3 is 5.32 Å². The second-order valence-corrected chi connectivity index (χ2v) is 5.27. The molecule has 1 atom stereocenters. The van der Waals surface area contributed by atoms with E-state index in [1.54, 1.807) is 0 Å². The minimum atomic E-state index is 0.126. The van der Waals surface area contributed by atoms with Gasteiger partial charge in [0.2, 0.25) is 0 Å². The highest BCUT2D eigenvalue weighted by Crippen LogP contribution is 2.25. The Kier molecular flexibility index (Phi) is 4.90. The summed E-state index contributed by atoms with van der Waals surface area (Å²) in [6.07, 6.45) is 3.42. The average molecular weight is 300 g/mol. The quantitative estimate of drug-likeness (QED) is 0.890. The predicted molar refractivity (Wildman–Crippen MR) is 77.6 cm³/mol. The van der Waals surface area contributed by atoms with E-state index in [2.05, 4.69) is 33.0 Å². The first-order valence-corrected chi connectivity index (χ1v) is 7.49. The van der Waals surface area contributed by atoms with E-state index in [1.807, 2.05) is 17.9 Å². The van der Waals surface area contributed by atoms with E-state index in [1.165, 1.54) is 11.7 Å². The van der Waals surface area contributed by atoms with Crippen molar-refractivity contribution in [2.75, 3.05) is 6.54 Å². The molecule has 0 saturated heterocycles. The fourth-order valence-corrected chi connectivity index (χ4v) is 2.93. The highest BCUT2D eigenvalue weighted by molar-refractivity contribution is 6.99. The molecule has 5 nitrogen and oxygen atoms in total. The largest absolute Gasteiger partial charge is 0.309 e. The predicted octanol–water partition coefficient (Wildman–Crippen LogP) is 2.38. The fraction of sp³-hybridized carbons (Fsp3) is 0.583. The van der Waals surface area contributed by atoms with Gasteiger partial charge in [0, 0.05) is 13.5 Å². The first kappa shape index (κ1) is 14.4. The smallest absolute Gasteiger partial charge is 0.0916 e. The number of aromatic nitrogens is 4. The molecule has 2 rings (SSSR count). The number of nitrogens with zero attached hydrogens (tertiary/aromatic N) is 4. The molecule has 0 amide bonds. The molecule has 0 fully saturated rings. The maximum atomic E-state index is 6.39. The minimum Gasteiger partial charge on any atom is -0.309 e. The van der Waals surface area contributed by atoms with Crippen molar-refractivity contribution in [3.05, 3.63) is 28.3 Å². The summed E-state index contributed by atoms with van der Waals surface area (Å²) in [6, 6.07) is 0.126. The van der Waals surface area contributed by atoms with Gasteiger partial charge in [0.15, 0.2) is 0 Å². The SMILES string of the molecule is CCNC(Cc1c(Cl)c(CC)nn1C)c1cnsn1.